The Labute approximate surface area is 216 Å². The Morgan fingerprint density at radius 2 is 1.69 bits per heavy atom. The first-order chi connectivity index (χ1) is 17.7. The molecular formula is C29H20N4OS2. The van der Waals surface area contributed by atoms with Crippen LogP contribution in [0.1, 0.15) is 9.67 Å². The van der Waals surface area contributed by atoms with Gasteiger partial charge in [0, 0.05) is 23.2 Å². The van der Waals surface area contributed by atoms with Crippen LogP contribution in [0.4, 0.5) is 16.5 Å². The zero-order valence-electron chi connectivity index (χ0n) is 19.1. The lowest BCUT2D eigenvalue weighted by Gasteiger charge is -2.22. The lowest BCUT2D eigenvalue weighted by molar-refractivity contribution is 0.0915. The second-order valence-corrected chi connectivity index (χ2v) is 11.0. The molecule has 0 N–H and O–H groups in total. The average Bonchev–Trinajstić information content (AvgIpc) is 3.60. The average molecular weight is 505 g/mol. The zero-order chi connectivity index (χ0) is 24.1. The molecule has 1 unspecified atom stereocenters. The minimum Gasteiger partial charge on any atom is -0.286 e. The molecule has 3 aromatic heterocycles. The standard InChI is InChI=1S/C29H20N4OS2/c34-28-25(36-29-31-23-9-3-4-10-24(23)33(28)29)18-22-14-15-27(35-22)32(26-11-5-6-16-30-26)21-13-12-19-7-1-2-8-20(19)17-21/h1-17,25H,18H2. The summed E-state index contributed by atoms with van der Waals surface area (Å²) in [6, 6.07) is 32.9. The number of nitrogens with zero attached hydrogens (tertiary/aromatic N) is 4. The normalized spacial score (nSPS) is 15.0. The SMILES string of the molecule is O=C1C(Cc2ccc(N(c3ccc4ccccc4c3)c3ccccn3)s2)Sc2nc3ccccc3n21. The molecule has 7 heteroatoms. The van der Waals surface area contributed by atoms with Gasteiger partial charge in [-0.25, -0.2) is 9.97 Å². The van der Waals surface area contributed by atoms with Crippen LogP contribution in [0.25, 0.3) is 21.8 Å². The Kier molecular flexibility index (Phi) is 5.11. The molecule has 0 aliphatic carbocycles. The number of aromatic nitrogens is 3. The summed E-state index contributed by atoms with van der Waals surface area (Å²) in [6.07, 6.45) is 2.48. The van der Waals surface area contributed by atoms with Crippen LogP contribution < -0.4 is 4.90 Å². The Bertz CT molecular complexity index is 1740. The second-order valence-electron chi connectivity index (χ2n) is 8.66. The van der Waals surface area contributed by atoms with Crippen LogP contribution in [0.15, 0.2) is 108 Å². The molecule has 1 aliphatic rings. The van der Waals surface area contributed by atoms with Gasteiger partial charge in [-0.3, -0.25) is 14.3 Å². The number of thiophene rings is 1. The van der Waals surface area contributed by atoms with Crippen molar-refractivity contribution in [1.29, 1.82) is 0 Å². The molecule has 1 aliphatic heterocycles. The molecular weight excluding hydrogens is 484 g/mol. The molecule has 174 valence electrons. The number of benzene rings is 3. The molecule has 0 fully saturated rings. The van der Waals surface area contributed by atoms with E-state index in [1.54, 1.807) is 27.7 Å². The lowest BCUT2D eigenvalue weighted by atomic mass is 10.1. The third-order valence-electron chi connectivity index (χ3n) is 6.40. The number of thioether (sulfide) groups is 1. The summed E-state index contributed by atoms with van der Waals surface area (Å²) in [5, 5.41) is 4.07. The Balaban J connectivity index is 1.21. The Morgan fingerprint density at radius 3 is 2.58 bits per heavy atom. The smallest absolute Gasteiger partial charge is 0.247 e. The molecule has 4 heterocycles. The fourth-order valence-corrected chi connectivity index (χ4v) is 7.05. The van der Waals surface area contributed by atoms with E-state index in [1.165, 1.54) is 10.8 Å². The lowest BCUT2D eigenvalue weighted by Crippen LogP contribution is -2.19. The molecule has 0 radical (unpaired) electrons. The fraction of sp³-hybridized carbons (Fsp3) is 0.0690. The van der Waals surface area contributed by atoms with Crippen LogP contribution in [0.3, 0.4) is 0 Å². The van der Waals surface area contributed by atoms with E-state index in [0.717, 1.165) is 37.6 Å². The van der Waals surface area contributed by atoms with Gasteiger partial charge in [-0.1, -0.05) is 60.3 Å². The number of carbonyl (C=O) groups is 1. The van der Waals surface area contributed by atoms with Gasteiger partial charge in [0.05, 0.1) is 16.3 Å². The number of fused-ring (bicyclic) bond motifs is 4. The molecule has 36 heavy (non-hydrogen) atoms. The highest BCUT2D eigenvalue weighted by Crippen LogP contribution is 2.41. The summed E-state index contributed by atoms with van der Waals surface area (Å²) in [5.74, 6) is 0.967. The summed E-state index contributed by atoms with van der Waals surface area (Å²) in [5.41, 5.74) is 2.81. The predicted octanol–water partition coefficient (Wildman–Crippen LogP) is 7.47. The van der Waals surface area contributed by atoms with E-state index in [1.807, 2.05) is 48.7 Å². The van der Waals surface area contributed by atoms with Crippen LogP contribution in [-0.2, 0) is 6.42 Å². The molecule has 1 atom stereocenters. The number of hydrogen-bond donors (Lipinski definition) is 0. The number of para-hydroxylation sites is 2. The van der Waals surface area contributed by atoms with Crippen LogP contribution in [0.5, 0.6) is 0 Å². The van der Waals surface area contributed by atoms with Crippen molar-refractivity contribution in [2.75, 3.05) is 4.90 Å². The van der Waals surface area contributed by atoms with E-state index in [9.17, 15) is 4.79 Å². The summed E-state index contributed by atoms with van der Waals surface area (Å²) in [7, 11) is 0. The van der Waals surface area contributed by atoms with E-state index in [-0.39, 0.29) is 11.2 Å². The number of hydrogen-bond acceptors (Lipinski definition) is 6. The largest absolute Gasteiger partial charge is 0.286 e. The number of carbonyl (C=O) groups excluding carboxylic acids is 1. The van der Waals surface area contributed by atoms with Gasteiger partial charge in [-0.05, 0) is 59.3 Å². The number of anilines is 3. The molecule has 0 bridgehead atoms. The predicted molar refractivity (Wildman–Crippen MR) is 148 cm³/mol. The summed E-state index contributed by atoms with van der Waals surface area (Å²) in [4.78, 5) is 25.9. The number of pyridine rings is 1. The van der Waals surface area contributed by atoms with Gasteiger partial charge in [0.25, 0.3) is 0 Å². The van der Waals surface area contributed by atoms with E-state index in [2.05, 4.69) is 69.5 Å². The van der Waals surface area contributed by atoms with Gasteiger partial charge in [0.15, 0.2) is 5.16 Å². The van der Waals surface area contributed by atoms with E-state index < -0.39 is 0 Å². The van der Waals surface area contributed by atoms with Gasteiger partial charge in [-0.2, -0.15) is 0 Å². The van der Waals surface area contributed by atoms with Crippen molar-refractivity contribution in [3.8, 4) is 0 Å². The molecule has 0 spiro atoms. The van der Waals surface area contributed by atoms with Crippen LogP contribution in [0.2, 0.25) is 0 Å². The minimum atomic E-state index is -0.174. The molecule has 7 rings (SSSR count). The summed E-state index contributed by atoms with van der Waals surface area (Å²) >= 11 is 3.26. The maximum Gasteiger partial charge on any atom is 0.247 e. The third kappa shape index (κ3) is 3.59. The molecule has 0 saturated carbocycles. The molecule has 0 saturated heterocycles. The number of imidazole rings is 1. The van der Waals surface area contributed by atoms with Gasteiger partial charge in [-0.15, -0.1) is 11.3 Å². The maximum atomic E-state index is 13.3. The van der Waals surface area contributed by atoms with E-state index in [4.69, 9.17) is 0 Å². The fourth-order valence-electron chi connectivity index (χ4n) is 4.70. The van der Waals surface area contributed by atoms with E-state index >= 15 is 0 Å². The maximum absolute atomic E-state index is 13.3. The van der Waals surface area contributed by atoms with Crippen LogP contribution >= 0.6 is 23.1 Å². The molecule has 0 amide bonds. The topological polar surface area (TPSA) is 51.0 Å². The van der Waals surface area contributed by atoms with Crippen molar-refractivity contribution in [2.45, 2.75) is 16.8 Å². The molecule has 5 nitrogen and oxygen atoms in total. The van der Waals surface area contributed by atoms with Gasteiger partial charge in [0.1, 0.15) is 10.8 Å². The first-order valence-electron chi connectivity index (χ1n) is 11.7. The Morgan fingerprint density at radius 1 is 0.861 bits per heavy atom. The van der Waals surface area contributed by atoms with Gasteiger partial charge >= 0.3 is 0 Å². The monoisotopic (exact) mass is 504 g/mol. The molecule has 3 aromatic carbocycles. The highest BCUT2D eigenvalue weighted by Gasteiger charge is 2.34. The quantitative estimate of drug-likeness (QED) is 0.244. The summed E-state index contributed by atoms with van der Waals surface area (Å²) < 4.78 is 1.77. The highest BCUT2D eigenvalue weighted by atomic mass is 32.2. The van der Waals surface area contributed by atoms with Crippen molar-refractivity contribution >= 4 is 67.3 Å². The second kappa shape index (κ2) is 8.62. The zero-order valence-corrected chi connectivity index (χ0v) is 20.7. The van der Waals surface area contributed by atoms with Crippen LogP contribution in [0, 0.1) is 0 Å². The van der Waals surface area contributed by atoms with Crippen molar-refractivity contribution in [1.82, 2.24) is 14.5 Å². The summed E-state index contributed by atoms with van der Waals surface area (Å²) in [6.45, 7) is 0. The van der Waals surface area contributed by atoms with Gasteiger partial charge < -0.3 is 0 Å². The van der Waals surface area contributed by atoms with E-state index in [0.29, 0.717) is 6.42 Å². The highest BCUT2D eigenvalue weighted by molar-refractivity contribution is 8.00. The Hall–Kier alpha value is -3.94. The number of rotatable bonds is 5. The third-order valence-corrected chi connectivity index (χ3v) is 8.63. The first-order valence-corrected chi connectivity index (χ1v) is 13.4. The van der Waals surface area contributed by atoms with Crippen molar-refractivity contribution in [3.63, 3.8) is 0 Å². The van der Waals surface area contributed by atoms with Crippen molar-refractivity contribution < 1.29 is 4.79 Å². The molecule has 6 aromatic rings. The van der Waals surface area contributed by atoms with Gasteiger partial charge in [0.2, 0.25) is 5.91 Å². The van der Waals surface area contributed by atoms with Crippen molar-refractivity contribution in [3.05, 3.63) is 108 Å². The first kappa shape index (κ1) is 21.4. The van der Waals surface area contributed by atoms with Crippen LogP contribution in [-0.4, -0.2) is 25.7 Å². The minimum absolute atomic E-state index is 0.106. The van der Waals surface area contributed by atoms with Crippen molar-refractivity contribution in [2.24, 2.45) is 0 Å².